The largest absolute Gasteiger partial charge is 0.479 e. The van der Waals surface area contributed by atoms with Gasteiger partial charge < -0.3 is 39.0 Å². The van der Waals surface area contributed by atoms with Crippen molar-refractivity contribution in [3.05, 3.63) is 97.2 Å². The minimum atomic E-state index is -1.92. The Hall–Kier alpha value is -4.36. The minimum absolute atomic E-state index is 0.0187. The number of rotatable bonds is 48. The Labute approximate surface area is 453 Å². The summed E-state index contributed by atoms with van der Waals surface area (Å²) in [5, 5.41) is 31.4. The van der Waals surface area contributed by atoms with Gasteiger partial charge in [-0.15, -0.1) is 0 Å². The van der Waals surface area contributed by atoms with Crippen molar-refractivity contribution in [3.63, 3.8) is 0 Å². The maximum Gasteiger partial charge on any atom is 0.335 e. The standard InChI is InChI=1S/C63H102O12/c1-4-7-10-13-16-19-22-25-26-27-28-29-30-33-34-37-40-43-46-49-55(64)71-52-54(73-56(65)50-47-44-41-38-35-31-23-20-17-14-11-8-5-2)53-72-63-61(59(68)58(67)60(75-63)62(69)70)74-57(66)51-48-45-42-39-36-32-24-21-18-15-12-9-6-3/h7,9-10,12,16,18-19,21,25-26,28-29,32-34,36,54,58-61,63,67-68H,4-6,8,11,13-15,17,20,22-24,27,30-31,35,37-53H2,1-3H3,(H,69,70)/b10-7-,12-9-,19-16-,21-18-,26-25-,29-28-,34-33-,36-32-. The summed E-state index contributed by atoms with van der Waals surface area (Å²) in [6.07, 6.45) is 53.8. The molecule has 6 atom stereocenters. The molecule has 1 rings (SSSR count). The van der Waals surface area contributed by atoms with Crippen molar-refractivity contribution in [2.75, 3.05) is 13.2 Å². The molecule has 75 heavy (non-hydrogen) atoms. The number of carboxylic acids is 1. The molecule has 426 valence electrons. The normalized spacial score (nSPS) is 18.9. The van der Waals surface area contributed by atoms with Crippen LogP contribution >= 0.6 is 0 Å². The van der Waals surface area contributed by atoms with Crippen LogP contribution in [-0.2, 0) is 42.9 Å². The Kier molecular flexibility index (Phi) is 46.2. The van der Waals surface area contributed by atoms with E-state index in [2.05, 4.69) is 118 Å². The zero-order valence-electron chi connectivity index (χ0n) is 46.8. The first-order valence-corrected chi connectivity index (χ1v) is 29.2. The van der Waals surface area contributed by atoms with Crippen molar-refractivity contribution in [2.45, 2.75) is 263 Å². The molecular formula is C63H102O12. The fourth-order valence-corrected chi connectivity index (χ4v) is 8.23. The number of aliphatic carboxylic acids is 1. The topological polar surface area (TPSA) is 175 Å². The second kappa shape index (κ2) is 50.5. The van der Waals surface area contributed by atoms with Crippen LogP contribution in [0.3, 0.4) is 0 Å². The van der Waals surface area contributed by atoms with E-state index in [1.54, 1.807) is 0 Å². The predicted molar refractivity (Wildman–Crippen MR) is 303 cm³/mol. The first-order chi connectivity index (χ1) is 36.6. The van der Waals surface area contributed by atoms with Crippen LogP contribution in [0.2, 0.25) is 0 Å². The van der Waals surface area contributed by atoms with Crippen LogP contribution < -0.4 is 0 Å². The molecule has 0 aromatic rings. The van der Waals surface area contributed by atoms with E-state index in [9.17, 15) is 34.5 Å². The van der Waals surface area contributed by atoms with Crippen molar-refractivity contribution >= 4 is 23.9 Å². The number of ether oxygens (including phenoxy) is 5. The van der Waals surface area contributed by atoms with Crippen LogP contribution in [0.15, 0.2) is 97.2 Å². The number of aliphatic hydroxyl groups is 2. The lowest BCUT2D eigenvalue weighted by Crippen LogP contribution is -2.61. The maximum atomic E-state index is 13.1. The lowest BCUT2D eigenvalue weighted by Gasteiger charge is -2.40. The fourth-order valence-electron chi connectivity index (χ4n) is 8.23. The number of carbonyl (C=O) groups is 4. The molecule has 12 nitrogen and oxygen atoms in total. The van der Waals surface area contributed by atoms with Crippen molar-refractivity contribution < 1.29 is 58.2 Å². The summed E-state index contributed by atoms with van der Waals surface area (Å²) in [7, 11) is 0. The smallest absolute Gasteiger partial charge is 0.335 e. The first-order valence-electron chi connectivity index (χ1n) is 29.2. The van der Waals surface area contributed by atoms with Gasteiger partial charge in [-0.05, 0) is 96.3 Å². The molecule has 0 radical (unpaired) electrons. The SMILES string of the molecule is CC/C=C\C/C=C\C/C=C\C/C=C\C/C=C\CCCCCC(=O)OCC(COC1OC(C(=O)O)C(O)C(O)C1OC(=O)CCCCC/C=C\C/C=C\C/C=C\CC)OC(=O)CCCCCCCCCCCCCCC. The quantitative estimate of drug-likeness (QED) is 0.0228. The Bertz CT molecular complexity index is 1670. The highest BCUT2D eigenvalue weighted by molar-refractivity contribution is 5.74. The molecule has 1 heterocycles. The van der Waals surface area contributed by atoms with Crippen LogP contribution in [0.25, 0.3) is 0 Å². The highest BCUT2D eigenvalue weighted by Gasteiger charge is 2.50. The summed E-state index contributed by atoms with van der Waals surface area (Å²) in [6.45, 7) is 5.71. The van der Waals surface area contributed by atoms with E-state index in [4.69, 9.17) is 23.7 Å². The van der Waals surface area contributed by atoms with E-state index >= 15 is 0 Å². The summed E-state index contributed by atoms with van der Waals surface area (Å²) < 4.78 is 28.3. The van der Waals surface area contributed by atoms with E-state index < -0.39 is 67.3 Å². The summed E-state index contributed by atoms with van der Waals surface area (Å²) >= 11 is 0. The van der Waals surface area contributed by atoms with Gasteiger partial charge in [0.2, 0.25) is 0 Å². The van der Waals surface area contributed by atoms with Gasteiger partial charge in [-0.1, -0.05) is 208 Å². The highest BCUT2D eigenvalue weighted by atomic mass is 16.7. The highest BCUT2D eigenvalue weighted by Crippen LogP contribution is 2.26. The van der Waals surface area contributed by atoms with Crippen LogP contribution in [0, 0.1) is 0 Å². The predicted octanol–water partition coefficient (Wildman–Crippen LogP) is 14.9. The van der Waals surface area contributed by atoms with Gasteiger partial charge in [-0.25, -0.2) is 4.79 Å². The van der Waals surface area contributed by atoms with Crippen LogP contribution in [0.1, 0.15) is 226 Å². The summed E-state index contributed by atoms with van der Waals surface area (Å²) in [4.78, 5) is 51.1. The second-order valence-corrected chi connectivity index (χ2v) is 19.5. The number of hydrogen-bond acceptors (Lipinski definition) is 11. The van der Waals surface area contributed by atoms with Gasteiger partial charge >= 0.3 is 23.9 Å². The minimum Gasteiger partial charge on any atom is -0.479 e. The molecule has 0 amide bonds. The molecule has 0 aliphatic carbocycles. The zero-order chi connectivity index (χ0) is 54.7. The molecule has 1 aliphatic rings. The van der Waals surface area contributed by atoms with Crippen molar-refractivity contribution in [1.29, 1.82) is 0 Å². The number of carboxylic acid groups (broad SMARTS) is 1. The van der Waals surface area contributed by atoms with Crippen molar-refractivity contribution in [2.24, 2.45) is 0 Å². The number of esters is 3. The molecule has 0 spiro atoms. The maximum absolute atomic E-state index is 13.1. The van der Waals surface area contributed by atoms with E-state index in [-0.39, 0.29) is 25.9 Å². The van der Waals surface area contributed by atoms with Gasteiger partial charge in [0.15, 0.2) is 24.6 Å². The third-order valence-electron chi connectivity index (χ3n) is 12.7. The molecule has 1 fully saturated rings. The molecule has 3 N–H and O–H groups in total. The summed E-state index contributed by atoms with van der Waals surface area (Å²) in [5.41, 5.74) is 0. The Morgan fingerprint density at radius 3 is 1.28 bits per heavy atom. The zero-order valence-corrected chi connectivity index (χ0v) is 46.8. The Morgan fingerprint density at radius 2 is 0.840 bits per heavy atom. The van der Waals surface area contributed by atoms with Gasteiger partial charge in [0.05, 0.1) is 6.61 Å². The second-order valence-electron chi connectivity index (χ2n) is 19.5. The van der Waals surface area contributed by atoms with E-state index in [0.29, 0.717) is 19.3 Å². The lowest BCUT2D eigenvalue weighted by atomic mass is 9.98. The molecule has 0 aromatic heterocycles. The van der Waals surface area contributed by atoms with E-state index in [1.807, 2.05) is 0 Å². The van der Waals surface area contributed by atoms with E-state index in [0.717, 1.165) is 109 Å². The average molecular weight is 1050 g/mol. The van der Waals surface area contributed by atoms with Gasteiger partial charge in [-0.3, -0.25) is 14.4 Å². The van der Waals surface area contributed by atoms with Gasteiger partial charge in [0, 0.05) is 19.3 Å². The Balaban J connectivity index is 2.73. The first kappa shape index (κ1) is 68.7. The summed E-state index contributed by atoms with van der Waals surface area (Å²) in [6, 6.07) is 0. The summed E-state index contributed by atoms with van der Waals surface area (Å²) in [5.74, 6) is -3.21. The molecular weight excluding hydrogens is 949 g/mol. The molecule has 0 bridgehead atoms. The third-order valence-corrected chi connectivity index (χ3v) is 12.7. The van der Waals surface area contributed by atoms with Crippen molar-refractivity contribution in [3.8, 4) is 0 Å². The Morgan fingerprint density at radius 1 is 0.453 bits per heavy atom. The van der Waals surface area contributed by atoms with Crippen LogP contribution in [-0.4, -0.2) is 89.2 Å². The fraction of sp³-hybridized carbons (Fsp3) is 0.683. The number of carbonyl (C=O) groups excluding carboxylic acids is 3. The number of allylic oxidation sites excluding steroid dienone is 16. The lowest BCUT2D eigenvalue weighted by molar-refractivity contribution is -0.301. The molecule has 0 aromatic carbocycles. The third kappa shape index (κ3) is 40.6. The average Bonchev–Trinajstić information content (AvgIpc) is 3.39. The van der Waals surface area contributed by atoms with E-state index in [1.165, 1.54) is 57.8 Å². The molecule has 6 unspecified atom stereocenters. The number of unbranched alkanes of at least 4 members (excludes halogenated alkanes) is 18. The number of aliphatic hydroxyl groups excluding tert-OH is 2. The molecule has 1 aliphatic heterocycles. The van der Waals surface area contributed by atoms with Gasteiger partial charge in [0.1, 0.15) is 18.8 Å². The molecule has 1 saturated heterocycles. The van der Waals surface area contributed by atoms with Crippen LogP contribution in [0.4, 0.5) is 0 Å². The molecule has 0 saturated carbocycles. The van der Waals surface area contributed by atoms with Crippen molar-refractivity contribution in [1.82, 2.24) is 0 Å². The number of hydrogen-bond donors (Lipinski definition) is 3. The van der Waals surface area contributed by atoms with Crippen LogP contribution in [0.5, 0.6) is 0 Å². The monoisotopic (exact) mass is 1050 g/mol. The van der Waals surface area contributed by atoms with Gasteiger partial charge in [-0.2, -0.15) is 0 Å². The molecule has 12 heteroatoms. The van der Waals surface area contributed by atoms with Gasteiger partial charge in [0.25, 0.3) is 0 Å².